The maximum atomic E-state index is 13.2. The lowest BCUT2D eigenvalue weighted by Crippen LogP contribution is -2.33. The first-order valence-electron chi connectivity index (χ1n) is 5.57. The van der Waals surface area contributed by atoms with E-state index in [9.17, 15) is 9.18 Å². The van der Waals surface area contributed by atoms with Crippen LogP contribution < -0.4 is 9.64 Å². The number of amides is 1. The Bertz CT molecular complexity index is 532. The number of methoxy groups -OCH3 is 1. The average Bonchev–Trinajstić information content (AvgIpc) is 3.18. The van der Waals surface area contributed by atoms with E-state index in [4.69, 9.17) is 10.00 Å². The van der Waals surface area contributed by atoms with Crippen LogP contribution in [0.5, 0.6) is 5.75 Å². The van der Waals surface area contributed by atoms with Gasteiger partial charge < -0.3 is 9.64 Å². The SMILES string of the molecule is COc1ccc(F)cc1N(C)C(=O)C1(C#N)CC1. The monoisotopic (exact) mass is 248 g/mol. The van der Waals surface area contributed by atoms with Crippen molar-refractivity contribution >= 4 is 11.6 Å². The van der Waals surface area contributed by atoms with E-state index >= 15 is 0 Å². The highest BCUT2D eigenvalue weighted by Crippen LogP contribution is 2.47. The summed E-state index contributed by atoms with van der Waals surface area (Å²) in [7, 11) is 2.98. The molecule has 0 radical (unpaired) electrons. The van der Waals surface area contributed by atoms with Crippen LogP contribution in [0.2, 0.25) is 0 Å². The Morgan fingerprint density at radius 1 is 1.56 bits per heavy atom. The summed E-state index contributed by atoms with van der Waals surface area (Å²) >= 11 is 0. The Morgan fingerprint density at radius 3 is 2.72 bits per heavy atom. The molecule has 1 fully saturated rings. The number of rotatable bonds is 3. The lowest BCUT2D eigenvalue weighted by molar-refractivity contribution is -0.121. The van der Waals surface area contributed by atoms with Crippen LogP contribution in [0, 0.1) is 22.6 Å². The van der Waals surface area contributed by atoms with Crippen LogP contribution in [0.25, 0.3) is 0 Å². The second-order valence-electron chi connectivity index (χ2n) is 4.37. The standard InChI is InChI=1S/C13H13FN2O2/c1-16(12(17)13(8-15)5-6-13)10-7-9(14)3-4-11(10)18-2/h3-4,7H,5-6H2,1-2H3. The van der Waals surface area contributed by atoms with Crippen molar-refractivity contribution in [3.63, 3.8) is 0 Å². The largest absolute Gasteiger partial charge is 0.495 e. The fourth-order valence-electron chi connectivity index (χ4n) is 1.85. The molecule has 0 N–H and O–H groups in total. The van der Waals surface area contributed by atoms with Crippen molar-refractivity contribution in [2.45, 2.75) is 12.8 Å². The highest BCUT2D eigenvalue weighted by atomic mass is 19.1. The van der Waals surface area contributed by atoms with E-state index in [2.05, 4.69) is 0 Å². The van der Waals surface area contributed by atoms with Crippen molar-refractivity contribution < 1.29 is 13.9 Å². The molecule has 0 atom stereocenters. The summed E-state index contributed by atoms with van der Waals surface area (Å²) in [6, 6.07) is 5.98. The summed E-state index contributed by atoms with van der Waals surface area (Å²) in [5.74, 6) is -0.359. The number of carbonyl (C=O) groups is 1. The summed E-state index contributed by atoms with van der Waals surface area (Å²) in [5.41, 5.74) is -0.587. The number of benzene rings is 1. The van der Waals surface area contributed by atoms with Crippen molar-refractivity contribution in [3.8, 4) is 11.8 Å². The van der Waals surface area contributed by atoms with E-state index in [0.717, 1.165) is 0 Å². The molecule has 0 spiro atoms. The summed E-state index contributed by atoms with van der Waals surface area (Å²) < 4.78 is 18.3. The minimum Gasteiger partial charge on any atom is -0.495 e. The third-order valence-corrected chi connectivity index (χ3v) is 3.18. The Labute approximate surface area is 105 Å². The number of ether oxygens (including phenoxy) is 1. The molecule has 0 bridgehead atoms. The molecule has 0 aliphatic heterocycles. The van der Waals surface area contributed by atoms with Gasteiger partial charge in [0.15, 0.2) is 0 Å². The van der Waals surface area contributed by atoms with Gasteiger partial charge in [0.1, 0.15) is 17.0 Å². The molecule has 5 heteroatoms. The zero-order valence-electron chi connectivity index (χ0n) is 10.2. The quantitative estimate of drug-likeness (QED) is 0.823. The molecule has 0 saturated heterocycles. The summed E-state index contributed by atoms with van der Waals surface area (Å²) in [6.07, 6.45) is 1.12. The van der Waals surface area contributed by atoms with Gasteiger partial charge in [0.05, 0.1) is 18.9 Å². The third-order valence-electron chi connectivity index (χ3n) is 3.18. The minimum atomic E-state index is -0.925. The predicted octanol–water partition coefficient (Wildman–Crippen LogP) is 2.10. The van der Waals surface area contributed by atoms with Crippen molar-refractivity contribution in [2.75, 3.05) is 19.1 Å². The molecule has 94 valence electrons. The first kappa shape index (κ1) is 12.4. The molecule has 4 nitrogen and oxygen atoms in total. The van der Waals surface area contributed by atoms with E-state index in [-0.39, 0.29) is 5.91 Å². The van der Waals surface area contributed by atoms with E-state index in [1.807, 2.05) is 6.07 Å². The average molecular weight is 248 g/mol. The Balaban J connectivity index is 2.34. The predicted molar refractivity (Wildman–Crippen MR) is 63.6 cm³/mol. The zero-order valence-corrected chi connectivity index (χ0v) is 10.2. The molecule has 1 aliphatic rings. The third kappa shape index (κ3) is 1.90. The van der Waals surface area contributed by atoms with Gasteiger partial charge in [-0.25, -0.2) is 4.39 Å². The van der Waals surface area contributed by atoms with Crippen molar-refractivity contribution in [1.82, 2.24) is 0 Å². The van der Waals surface area contributed by atoms with Gasteiger partial charge in [-0.3, -0.25) is 4.79 Å². The van der Waals surface area contributed by atoms with Gasteiger partial charge >= 0.3 is 0 Å². The Morgan fingerprint density at radius 2 is 2.22 bits per heavy atom. The van der Waals surface area contributed by atoms with Gasteiger partial charge in [-0.15, -0.1) is 0 Å². The van der Waals surface area contributed by atoms with Crippen LogP contribution in [0.15, 0.2) is 18.2 Å². The second kappa shape index (κ2) is 4.30. The fraction of sp³-hybridized carbons (Fsp3) is 0.385. The number of halogens is 1. The number of nitriles is 1. The van der Waals surface area contributed by atoms with Crippen molar-refractivity contribution in [1.29, 1.82) is 5.26 Å². The molecule has 2 rings (SSSR count). The summed E-state index contributed by atoms with van der Waals surface area (Å²) in [4.78, 5) is 13.5. The maximum Gasteiger partial charge on any atom is 0.247 e. The van der Waals surface area contributed by atoms with Gasteiger partial charge in [0.2, 0.25) is 5.91 Å². The topological polar surface area (TPSA) is 53.3 Å². The normalized spacial score (nSPS) is 15.7. The number of hydrogen-bond acceptors (Lipinski definition) is 3. The van der Waals surface area contributed by atoms with E-state index < -0.39 is 11.2 Å². The Kier molecular flexibility index (Phi) is 2.95. The lowest BCUT2D eigenvalue weighted by Gasteiger charge is -2.22. The van der Waals surface area contributed by atoms with E-state index in [1.54, 1.807) is 0 Å². The van der Waals surface area contributed by atoms with Crippen LogP contribution in [0.4, 0.5) is 10.1 Å². The van der Waals surface area contributed by atoms with Crippen molar-refractivity contribution in [2.24, 2.45) is 5.41 Å². The number of hydrogen-bond donors (Lipinski definition) is 0. The summed E-state index contributed by atoms with van der Waals surface area (Å²) in [6.45, 7) is 0. The highest BCUT2D eigenvalue weighted by molar-refractivity contribution is 6.01. The molecule has 1 aliphatic carbocycles. The first-order chi connectivity index (χ1) is 8.54. The molecule has 1 amide bonds. The molecule has 1 saturated carbocycles. The number of anilines is 1. The van der Waals surface area contributed by atoms with E-state index in [1.165, 1.54) is 37.3 Å². The van der Waals surface area contributed by atoms with Crippen LogP contribution in [-0.2, 0) is 4.79 Å². The first-order valence-corrected chi connectivity index (χ1v) is 5.57. The van der Waals surface area contributed by atoms with Gasteiger partial charge in [-0.05, 0) is 25.0 Å². The van der Waals surface area contributed by atoms with Crippen molar-refractivity contribution in [3.05, 3.63) is 24.0 Å². The molecule has 0 unspecified atom stereocenters. The van der Waals surface area contributed by atoms with Gasteiger partial charge in [-0.1, -0.05) is 0 Å². The molecule has 0 heterocycles. The Hall–Kier alpha value is -2.09. The lowest BCUT2D eigenvalue weighted by atomic mass is 10.1. The van der Waals surface area contributed by atoms with Crippen LogP contribution in [0.1, 0.15) is 12.8 Å². The molecule has 1 aromatic rings. The van der Waals surface area contributed by atoms with Gasteiger partial charge in [-0.2, -0.15) is 5.26 Å². The van der Waals surface area contributed by atoms with E-state index in [0.29, 0.717) is 24.3 Å². The van der Waals surface area contributed by atoms with Gasteiger partial charge in [0.25, 0.3) is 0 Å². The summed E-state index contributed by atoms with van der Waals surface area (Å²) in [5, 5.41) is 9.00. The molecule has 18 heavy (non-hydrogen) atoms. The van der Waals surface area contributed by atoms with Crippen LogP contribution in [0.3, 0.4) is 0 Å². The smallest absolute Gasteiger partial charge is 0.247 e. The molecule has 1 aromatic carbocycles. The molecule has 0 aromatic heterocycles. The minimum absolute atomic E-state index is 0.311. The van der Waals surface area contributed by atoms with Crippen LogP contribution in [-0.4, -0.2) is 20.1 Å². The highest BCUT2D eigenvalue weighted by Gasteiger charge is 2.52. The molecular formula is C13H13FN2O2. The fourth-order valence-corrected chi connectivity index (χ4v) is 1.85. The number of carbonyl (C=O) groups excluding carboxylic acids is 1. The van der Waals surface area contributed by atoms with Crippen LogP contribution >= 0.6 is 0 Å². The second-order valence-corrected chi connectivity index (χ2v) is 4.37. The van der Waals surface area contributed by atoms with Gasteiger partial charge in [0, 0.05) is 13.1 Å². The molecular weight excluding hydrogens is 235 g/mol. The maximum absolute atomic E-state index is 13.2. The number of nitrogens with zero attached hydrogens (tertiary/aromatic N) is 2. The zero-order chi connectivity index (χ0) is 13.3.